The number of nitrogens with zero attached hydrogens (tertiary/aromatic N) is 2. The fraction of sp³-hybridized carbons (Fsp3) is 0.600. The number of aryl methyl sites for hydroxylation is 1. The number of aromatic nitrogens is 2. The van der Waals surface area contributed by atoms with Crippen LogP contribution < -0.4 is 5.32 Å². The van der Waals surface area contributed by atoms with Gasteiger partial charge in [0.25, 0.3) is 0 Å². The summed E-state index contributed by atoms with van der Waals surface area (Å²) in [5.41, 5.74) is 2.27. The van der Waals surface area contributed by atoms with Crippen molar-refractivity contribution in [1.82, 2.24) is 9.97 Å². The van der Waals surface area contributed by atoms with E-state index >= 15 is 0 Å². The smallest absolute Gasteiger partial charge is 0.223 e. The number of hydrogen-bond acceptors (Lipinski definition) is 3. The molecular weight excluding hydrogens is 162 g/mol. The van der Waals surface area contributed by atoms with Crippen molar-refractivity contribution in [3.63, 3.8) is 0 Å². The molecule has 1 aromatic heterocycles. The molecule has 1 fully saturated rings. The molecule has 0 radical (unpaired) electrons. The van der Waals surface area contributed by atoms with E-state index in [1.165, 1.54) is 18.5 Å². The lowest BCUT2D eigenvalue weighted by molar-refractivity contribution is 0.955. The van der Waals surface area contributed by atoms with Crippen molar-refractivity contribution in [1.29, 1.82) is 0 Å². The van der Waals surface area contributed by atoms with Crippen LogP contribution >= 0.6 is 0 Å². The summed E-state index contributed by atoms with van der Waals surface area (Å²) >= 11 is 0. The fourth-order valence-corrected chi connectivity index (χ4v) is 1.42. The third-order valence-electron chi connectivity index (χ3n) is 2.20. The minimum atomic E-state index is 0.708. The van der Waals surface area contributed by atoms with E-state index in [0.29, 0.717) is 5.92 Å². The summed E-state index contributed by atoms with van der Waals surface area (Å²) in [6.45, 7) is 4.96. The number of rotatable bonds is 3. The lowest BCUT2D eigenvalue weighted by Gasteiger charge is -2.05. The molecule has 0 saturated heterocycles. The van der Waals surface area contributed by atoms with Crippen LogP contribution in [0.5, 0.6) is 0 Å². The molecule has 0 bridgehead atoms. The largest absolute Gasteiger partial charge is 0.354 e. The van der Waals surface area contributed by atoms with E-state index in [9.17, 15) is 0 Å². The van der Waals surface area contributed by atoms with Crippen LogP contribution in [0.25, 0.3) is 0 Å². The van der Waals surface area contributed by atoms with Crippen molar-refractivity contribution >= 4 is 5.95 Å². The molecule has 0 atom stereocenters. The molecule has 0 amide bonds. The van der Waals surface area contributed by atoms with Gasteiger partial charge in [-0.05, 0) is 32.8 Å². The second-order valence-electron chi connectivity index (χ2n) is 3.56. The highest BCUT2D eigenvalue weighted by atomic mass is 15.1. The van der Waals surface area contributed by atoms with Crippen LogP contribution in [0.2, 0.25) is 0 Å². The Bertz CT molecular complexity index is 305. The van der Waals surface area contributed by atoms with Crippen molar-refractivity contribution in [2.45, 2.75) is 32.6 Å². The van der Waals surface area contributed by atoms with Crippen molar-refractivity contribution < 1.29 is 0 Å². The summed E-state index contributed by atoms with van der Waals surface area (Å²) in [5, 5.41) is 3.15. The van der Waals surface area contributed by atoms with E-state index in [1.807, 2.05) is 6.92 Å². The van der Waals surface area contributed by atoms with E-state index in [0.717, 1.165) is 18.2 Å². The third kappa shape index (κ3) is 1.97. The van der Waals surface area contributed by atoms with Crippen LogP contribution in [0.15, 0.2) is 6.07 Å². The third-order valence-corrected chi connectivity index (χ3v) is 2.20. The zero-order chi connectivity index (χ0) is 9.26. The Balaban J connectivity index is 2.25. The van der Waals surface area contributed by atoms with E-state index in [4.69, 9.17) is 0 Å². The zero-order valence-electron chi connectivity index (χ0n) is 8.17. The molecule has 1 aliphatic carbocycles. The molecule has 1 saturated carbocycles. The molecule has 13 heavy (non-hydrogen) atoms. The maximum Gasteiger partial charge on any atom is 0.223 e. The maximum absolute atomic E-state index is 4.46. The van der Waals surface area contributed by atoms with Gasteiger partial charge in [-0.25, -0.2) is 9.97 Å². The zero-order valence-corrected chi connectivity index (χ0v) is 8.17. The quantitative estimate of drug-likeness (QED) is 0.768. The Morgan fingerprint density at radius 1 is 1.46 bits per heavy atom. The molecule has 2 rings (SSSR count). The van der Waals surface area contributed by atoms with Gasteiger partial charge in [-0.15, -0.1) is 0 Å². The van der Waals surface area contributed by atoms with Gasteiger partial charge >= 0.3 is 0 Å². The fourth-order valence-electron chi connectivity index (χ4n) is 1.42. The summed E-state index contributed by atoms with van der Waals surface area (Å²) in [6.07, 6.45) is 2.59. The van der Waals surface area contributed by atoms with Crippen molar-refractivity contribution in [3.05, 3.63) is 17.5 Å². The van der Waals surface area contributed by atoms with Crippen LogP contribution in [0.4, 0.5) is 5.95 Å². The van der Waals surface area contributed by atoms with Gasteiger partial charge in [-0.2, -0.15) is 0 Å². The summed E-state index contributed by atoms with van der Waals surface area (Å²) < 4.78 is 0. The van der Waals surface area contributed by atoms with Gasteiger partial charge in [0.15, 0.2) is 0 Å². The normalized spacial score (nSPS) is 15.8. The van der Waals surface area contributed by atoms with Crippen LogP contribution in [0, 0.1) is 6.92 Å². The highest BCUT2D eigenvalue weighted by Gasteiger charge is 2.25. The first-order chi connectivity index (χ1) is 6.29. The first-order valence-corrected chi connectivity index (χ1v) is 4.89. The average molecular weight is 177 g/mol. The highest BCUT2D eigenvalue weighted by Crippen LogP contribution is 2.39. The molecule has 0 unspecified atom stereocenters. The average Bonchev–Trinajstić information content (AvgIpc) is 2.85. The second kappa shape index (κ2) is 3.32. The molecule has 3 nitrogen and oxygen atoms in total. The number of nitrogens with one attached hydrogen (secondary N) is 1. The predicted molar refractivity (Wildman–Crippen MR) is 52.9 cm³/mol. The van der Waals surface area contributed by atoms with Crippen molar-refractivity contribution in [2.75, 3.05) is 11.9 Å². The Morgan fingerprint density at radius 2 is 2.23 bits per heavy atom. The van der Waals surface area contributed by atoms with E-state index < -0.39 is 0 Å². The first-order valence-electron chi connectivity index (χ1n) is 4.89. The molecular formula is C10H15N3. The second-order valence-corrected chi connectivity index (χ2v) is 3.56. The predicted octanol–water partition coefficient (Wildman–Crippen LogP) is 2.09. The minimum absolute atomic E-state index is 0.708. The highest BCUT2D eigenvalue weighted by molar-refractivity contribution is 5.30. The minimum Gasteiger partial charge on any atom is -0.354 e. The lowest BCUT2D eigenvalue weighted by atomic mass is 10.2. The van der Waals surface area contributed by atoms with Crippen LogP contribution in [0.1, 0.15) is 37.1 Å². The molecule has 1 aliphatic rings. The van der Waals surface area contributed by atoms with Gasteiger partial charge in [0.1, 0.15) is 0 Å². The van der Waals surface area contributed by atoms with Crippen LogP contribution in [-0.2, 0) is 0 Å². The van der Waals surface area contributed by atoms with Gasteiger partial charge in [-0.3, -0.25) is 0 Å². The van der Waals surface area contributed by atoms with Crippen LogP contribution in [0.3, 0.4) is 0 Å². The summed E-state index contributed by atoms with van der Waals surface area (Å²) in [6, 6.07) is 2.10. The topological polar surface area (TPSA) is 37.8 Å². The van der Waals surface area contributed by atoms with Crippen molar-refractivity contribution in [3.8, 4) is 0 Å². The lowest BCUT2D eigenvalue weighted by Crippen LogP contribution is -2.04. The SMILES string of the molecule is CCNc1nc(C)cc(C2CC2)n1. The standard InChI is InChI=1S/C10H15N3/c1-3-11-10-12-7(2)6-9(13-10)8-4-5-8/h6,8H,3-5H2,1-2H3,(H,11,12,13). The molecule has 70 valence electrons. The van der Waals surface area contributed by atoms with Crippen LogP contribution in [-0.4, -0.2) is 16.5 Å². The van der Waals surface area contributed by atoms with Gasteiger partial charge < -0.3 is 5.32 Å². The summed E-state index contributed by atoms with van der Waals surface area (Å²) in [5.74, 6) is 1.49. The Kier molecular flexibility index (Phi) is 2.17. The Labute approximate surface area is 78.6 Å². The number of hydrogen-bond donors (Lipinski definition) is 1. The van der Waals surface area contributed by atoms with Gasteiger partial charge in [0, 0.05) is 23.9 Å². The molecule has 3 heteroatoms. The van der Waals surface area contributed by atoms with E-state index in [-0.39, 0.29) is 0 Å². The molecule has 1 N–H and O–H groups in total. The first kappa shape index (κ1) is 8.48. The molecule has 0 aliphatic heterocycles. The number of anilines is 1. The summed E-state index contributed by atoms with van der Waals surface area (Å²) in [7, 11) is 0. The Hall–Kier alpha value is -1.12. The molecule has 0 aromatic carbocycles. The van der Waals surface area contributed by atoms with Gasteiger partial charge in [0.2, 0.25) is 5.95 Å². The molecule has 0 spiro atoms. The Morgan fingerprint density at radius 3 is 2.85 bits per heavy atom. The van der Waals surface area contributed by atoms with Gasteiger partial charge in [-0.1, -0.05) is 0 Å². The van der Waals surface area contributed by atoms with Gasteiger partial charge in [0.05, 0.1) is 0 Å². The van der Waals surface area contributed by atoms with Crippen molar-refractivity contribution in [2.24, 2.45) is 0 Å². The van der Waals surface area contributed by atoms with E-state index in [2.05, 4.69) is 28.3 Å². The van der Waals surface area contributed by atoms with E-state index in [1.54, 1.807) is 0 Å². The molecule has 1 heterocycles. The monoisotopic (exact) mass is 177 g/mol. The maximum atomic E-state index is 4.46. The summed E-state index contributed by atoms with van der Waals surface area (Å²) in [4.78, 5) is 8.77. The molecule has 1 aromatic rings.